The van der Waals surface area contributed by atoms with Crippen molar-refractivity contribution in [3.63, 3.8) is 0 Å². The van der Waals surface area contributed by atoms with E-state index in [0.29, 0.717) is 33.7 Å². The number of hydrogen-bond donors (Lipinski definition) is 0. The molecule has 0 spiro atoms. The van der Waals surface area contributed by atoms with Gasteiger partial charge < -0.3 is 14.5 Å². The van der Waals surface area contributed by atoms with Crippen molar-refractivity contribution in [3.8, 4) is 17.3 Å². The normalized spacial score (nSPS) is 16.0. The van der Waals surface area contributed by atoms with Crippen LogP contribution in [0.3, 0.4) is 0 Å². The summed E-state index contributed by atoms with van der Waals surface area (Å²) in [6.07, 6.45) is 2.19. The minimum atomic E-state index is -0.487. The molecule has 0 radical (unpaired) electrons. The lowest BCUT2D eigenvalue weighted by Gasteiger charge is -2.36. The van der Waals surface area contributed by atoms with Crippen LogP contribution in [0.15, 0.2) is 36.4 Å². The van der Waals surface area contributed by atoms with Crippen molar-refractivity contribution >= 4 is 39.3 Å². The van der Waals surface area contributed by atoms with Gasteiger partial charge in [0.05, 0.1) is 23.4 Å². The molecule has 11 heteroatoms. The summed E-state index contributed by atoms with van der Waals surface area (Å²) in [7, 11) is 1.98. The van der Waals surface area contributed by atoms with E-state index in [1.165, 1.54) is 23.5 Å². The number of benzene rings is 1. The van der Waals surface area contributed by atoms with Gasteiger partial charge in [-0.05, 0) is 76.9 Å². The second-order valence-corrected chi connectivity index (χ2v) is 13.3. The fraction of sp³-hybridized carbons (Fsp3) is 0.438. The summed E-state index contributed by atoms with van der Waals surface area (Å²) >= 11 is 1.33. The third kappa shape index (κ3) is 6.08. The molecule has 4 aromatic rings. The minimum Gasteiger partial charge on any atom is -0.459 e. The summed E-state index contributed by atoms with van der Waals surface area (Å²) in [6, 6.07) is 12.7. The van der Waals surface area contributed by atoms with Gasteiger partial charge in [-0.15, -0.1) is 0 Å². The number of rotatable bonds is 7. The van der Waals surface area contributed by atoms with Crippen molar-refractivity contribution < 1.29 is 13.9 Å². The zero-order chi connectivity index (χ0) is 30.5. The molecule has 43 heavy (non-hydrogen) atoms. The van der Waals surface area contributed by atoms with Crippen LogP contribution in [0.5, 0.6) is 0 Å². The maximum Gasteiger partial charge on any atom is 0.320 e. The number of fused-ring (bicyclic) bond motifs is 1. The van der Waals surface area contributed by atoms with E-state index in [4.69, 9.17) is 14.8 Å². The van der Waals surface area contributed by atoms with Crippen molar-refractivity contribution in [2.24, 2.45) is 0 Å². The van der Waals surface area contributed by atoms with Gasteiger partial charge in [-0.1, -0.05) is 11.3 Å². The molecule has 9 nitrogen and oxygen atoms in total. The number of nitriles is 1. The highest BCUT2D eigenvalue weighted by Gasteiger charge is 2.34. The summed E-state index contributed by atoms with van der Waals surface area (Å²) in [4.78, 5) is 24.3. The first-order valence-corrected chi connectivity index (χ1v) is 15.5. The lowest BCUT2D eigenvalue weighted by atomic mass is 10.1. The van der Waals surface area contributed by atoms with Crippen molar-refractivity contribution in [3.05, 3.63) is 58.5 Å². The van der Waals surface area contributed by atoms with Gasteiger partial charge in [0.1, 0.15) is 28.1 Å². The number of aryl methyl sites for hydroxylation is 1. The van der Waals surface area contributed by atoms with Crippen molar-refractivity contribution in [1.82, 2.24) is 19.5 Å². The third-order valence-electron chi connectivity index (χ3n) is 7.83. The van der Waals surface area contributed by atoms with E-state index in [9.17, 15) is 14.4 Å². The molecule has 1 aromatic carbocycles. The Kier molecular flexibility index (Phi) is 7.60. The van der Waals surface area contributed by atoms with Crippen LogP contribution < -0.4 is 9.80 Å². The average molecular weight is 602 g/mol. The number of nitrogens with zero attached hydrogens (tertiary/aromatic N) is 7. The van der Waals surface area contributed by atoms with Crippen molar-refractivity contribution in [1.29, 1.82) is 5.26 Å². The summed E-state index contributed by atoms with van der Waals surface area (Å²) in [5.41, 5.74) is 5.96. The Labute approximate surface area is 255 Å². The maximum atomic E-state index is 13.6. The Morgan fingerprint density at radius 3 is 2.49 bits per heavy atom. The molecular formula is C32H36FN7O2S. The number of hydrogen-bond acceptors (Lipinski definition) is 9. The Morgan fingerprint density at radius 1 is 1.16 bits per heavy atom. The number of piperazine rings is 1. The second kappa shape index (κ2) is 11.2. The molecule has 0 unspecified atom stereocenters. The van der Waals surface area contributed by atoms with Gasteiger partial charge in [0.15, 0.2) is 5.13 Å². The number of anilines is 3. The average Bonchev–Trinajstić information content (AvgIpc) is 3.59. The van der Waals surface area contributed by atoms with Crippen molar-refractivity contribution in [2.75, 3.05) is 49.6 Å². The number of aromatic nitrogens is 3. The molecule has 1 aliphatic heterocycles. The predicted octanol–water partition coefficient (Wildman–Crippen LogP) is 5.89. The number of pyridine rings is 1. The van der Waals surface area contributed by atoms with Gasteiger partial charge >= 0.3 is 5.97 Å². The van der Waals surface area contributed by atoms with Gasteiger partial charge in [0, 0.05) is 56.1 Å². The molecule has 4 heterocycles. The quantitative estimate of drug-likeness (QED) is 0.243. The molecule has 1 saturated carbocycles. The van der Waals surface area contributed by atoms with Gasteiger partial charge in [-0.2, -0.15) is 10.4 Å². The Balaban J connectivity index is 1.30. The lowest BCUT2D eigenvalue weighted by molar-refractivity contribution is -0.156. The largest absolute Gasteiger partial charge is 0.459 e. The van der Waals surface area contributed by atoms with E-state index in [1.807, 2.05) is 32.3 Å². The van der Waals surface area contributed by atoms with Crippen LogP contribution in [0, 0.1) is 24.1 Å². The van der Waals surface area contributed by atoms with E-state index in [-0.39, 0.29) is 11.8 Å². The molecule has 2 aliphatic rings. The van der Waals surface area contributed by atoms with Crippen LogP contribution in [-0.4, -0.2) is 70.8 Å². The molecule has 2 fully saturated rings. The van der Waals surface area contributed by atoms with Crippen LogP contribution in [0.4, 0.5) is 20.9 Å². The number of carbonyl (C=O) groups excluding carboxylic acids is 1. The molecule has 0 atom stereocenters. The van der Waals surface area contributed by atoms with E-state index >= 15 is 0 Å². The number of carbonyl (C=O) groups is 1. The number of thiazole rings is 1. The first-order chi connectivity index (χ1) is 20.5. The molecule has 224 valence electrons. The molecule has 0 bridgehead atoms. The molecule has 3 aromatic heterocycles. The zero-order valence-electron chi connectivity index (χ0n) is 25.2. The van der Waals surface area contributed by atoms with Gasteiger partial charge in [0.25, 0.3) is 0 Å². The topological polar surface area (TPSA) is 90.0 Å². The summed E-state index contributed by atoms with van der Waals surface area (Å²) < 4.78 is 21.1. The molecular weight excluding hydrogens is 565 g/mol. The zero-order valence-corrected chi connectivity index (χ0v) is 26.0. The van der Waals surface area contributed by atoms with Gasteiger partial charge in [-0.25, -0.2) is 13.9 Å². The monoisotopic (exact) mass is 601 g/mol. The molecule has 0 amide bonds. The third-order valence-corrected chi connectivity index (χ3v) is 8.86. The van der Waals surface area contributed by atoms with Crippen LogP contribution in [0.2, 0.25) is 0 Å². The van der Waals surface area contributed by atoms with E-state index in [1.54, 1.807) is 12.1 Å². The predicted molar refractivity (Wildman–Crippen MR) is 167 cm³/mol. The SMILES string of the molecule is Cc1cc(N2CCN(CC(=O)OC(C)(C)C)CC2)cc2c(N(C)c3nc(-c4ccc(F)cc4)c(C#N)s3)c(C3CC3)nn12. The molecule has 1 aliphatic carbocycles. The summed E-state index contributed by atoms with van der Waals surface area (Å²) in [5, 5.41) is 15.6. The second-order valence-electron chi connectivity index (χ2n) is 12.4. The van der Waals surface area contributed by atoms with Crippen molar-refractivity contribution in [2.45, 2.75) is 52.1 Å². The summed E-state index contributed by atoms with van der Waals surface area (Å²) in [6.45, 7) is 11.2. The molecule has 6 rings (SSSR count). The minimum absolute atomic E-state index is 0.193. The van der Waals surface area contributed by atoms with E-state index in [2.05, 4.69) is 39.8 Å². The number of esters is 1. The van der Waals surface area contributed by atoms with Crippen LogP contribution in [0.1, 0.15) is 55.8 Å². The molecule has 0 N–H and O–H groups in total. The van der Waals surface area contributed by atoms with Gasteiger partial charge in [0.2, 0.25) is 0 Å². The highest BCUT2D eigenvalue weighted by Crippen LogP contribution is 2.48. The first kappa shape index (κ1) is 29.1. The number of ether oxygens (including phenoxy) is 1. The summed E-state index contributed by atoms with van der Waals surface area (Å²) in [5.74, 6) is -0.128. The first-order valence-electron chi connectivity index (χ1n) is 14.6. The highest BCUT2D eigenvalue weighted by molar-refractivity contribution is 7.16. The van der Waals surface area contributed by atoms with Crippen LogP contribution in [-0.2, 0) is 9.53 Å². The Morgan fingerprint density at radius 2 is 1.86 bits per heavy atom. The standard InChI is InChI=1S/C32H36FN7O2S/c1-20-16-24(39-14-12-38(13-15-39)19-27(41)42-32(2,3)4)17-25-30(29(22-6-7-22)36-40(20)25)37(5)31-35-28(26(18-34)43-31)21-8-10-23(33)11-9-21/h8-11,16-17,22H,6-7,12-15,19H2,1-5H3. The number of halogens is 1. The van der Waals surface area contributed by atoms with Gasteiger partial charge in [-0.3, -0.25) is 9.69 Å². The van der Waals surface area contributed by atoms with Crippen LogP contribution in [0.25, 0.3) is 16.8 Å². The smallest absolute Gasteiger partial charge is 0.320 e. The molecule has 1 saturated heterocycles. The fourth-order valence-corrected chi connectivity index (χ4v) is 6.45. The van der Waals surface area contributed by atoms with Crippen LogP contribution >= 0.6 is 11.3 Å². The Hall–Kier alpha value is -4.01. The lowest BCUT2D eigenvalue weighted by Crippen LogP contribution is -2.48. The van der Waals surface area contributed by atoms with E-state index < -0.39 is 5.60 Å². The highest BCUT2D eigenvalue weighted by atomic mass is 32.1. The maximum absolute atomic E-state index is 13.6. The fourth-order valence-electron chi connectivity index (χ4n) is 5.60. The van der Waals surface area contributed by atoms with E-state index in [0.717, 1.165) is 67.3 Å². The Bertz CT molecular complexity index is 1700.